The van der Waals surface area contributed by atoms with Crippen LogP contribution < -0.4 is 0 Å². The fourth-order valence-corrected chi connectivity index (χ4v) is 1.25. The highest BCUT2D eigenvalue weighted by atomic mass is 19.4. The van der Waals surface area contributed by atoms with Crippen molar-refractivity contribution < 1.29 is 23.0 Å². The van der Waals surface area contributed by atoms with Gasteiger partial charge in [-0.3, -0.25) is 0 Å². The number of halogens is 3. The van der Waals surface area contributed by atoms with E-state index >= 15 is 0 Å². The topological polar surface area (TPSA) is 29.5 Å². The molecule has 2 nitrogen and oxygen atoms in total. The number of alkyl halides is 3. The van der Waals surface area contributed by atoms with Crippen molar-refractivity contribution in [2.24, 2.45) is 0 Å². The highest BCUT2D eigenvalue weighted by molar-refractivity contribution is 5.01. The zero-order chi connectivity index (χ0) is 10.6. The smallest absolute Gasteiger partial charge is 0.389 e. The molecule has 1 N–H and O–H groups in total. The largest absolute Gasteiger partial charge is 0.496 e. The Balaban J connectivity index is 2.34. The molecule has 0 bridgehead atoms. The summed E-state index contributed by atoms with van der Waals surface area (Å²) >= 11 is 0. The van der Waals surface area contributed by atoms with E-state index < -0.39 is 18.7 Å². The van der Waals surface area contributed by atoms with E-state index in [2.05, 4.69) is 0 Å². The molecule has 0 amide bonds. The monoisotopic (exact) mass is 210 g/mol. The summed E-state index contributed by atoms with van der Waals surface area (Å²) in [5.74, 6) is 0.292. The fraction of sp³-hybridized carbons (Fsp3) is 0.778. The van der Waals surface area contributed by atoms with Crippen molar-refractivity contribution >= 4 is 0 Å². The second kappa shape index (κ2) is 4.68. The number of ether oxygens (including phenoxy) is 1. The lowest BCUT2D eigenvalue weighted by Gasteiger charge is -2.20. The fourth-order valence-electron chi connectivity index (χ4n) is 1.25. The molecule has 1 aliphatic heterocycles. The van der Waals surface area contributed by atoms with Crippen molar-refractivity contribution in [2.45, 2.75) is 38.0 Å². The minimum atomic E-state index is -4.21. The number of allylic oxidation sites excluding steroid dienone is 1. The Hall–Kier alpha value is -0.710. The molecule has 1 atom stereocenters. The van der Waals surface area contributed by atoms with Gasteiger partial charge in [-0.05, 0) is 25.3 Å². The van der Waals surface area contributed by atoms with Gasteiger partial charge in [0.25, 0.3) is 0 Å². The maximum absolute atomic E-state index is 11.8. The highest BCUT2D eigenvalue weighted by Gasteiger charge is 2.29. The van der Waals surface area contributed by atoms with Gasteiger partial charge in [-0.1, -0.05) is 0 Å². The first-order valence-electron chi connectivity index (χ1n) is 4.57. The minimum Gasteiger partial charge on any atom is -0.496 e. The average molecular weight is 210 g/mol. The third-order valence-electron chi connectivity index (χ3n) is 1.99. The number of aliphatic hydroxyl groups excluding tert-OH is 1. The Kier molecular flexibility index (Phi) is 3.80. The molecule has 1 unspecified atom stereocenters. The van der Waals surface area contributed by atoms with Gasteiger partial charge in [0.05, 0.1) is 6.61 Å². The van der Waals surface area contributed by atoms with Crippen LogP contribution in [0.2, 0.25) is 0 Å². The summed E-state index contributed by atoms with van der Waals surface area (Å²) in [4.78, 5) is 0. The second-order valence-electron chi connectivity index (χ2n) is 3.27. The van der Waals surface area contributed by atoms with E-state index in [0.717, 1.165) is 12.8 Å². The van der Waals surface area contributed by atoms with Crippen molar-refractivity contribution in [1.29, 1.82) is 0 Å². The van der Waals surface area contributed by atoms with Crippen LogP contribution in [0.5, 0.6) is 0 Å². The summed E-state index contributed by atoms with van der Waals surface area (Å²) in [6.45, 7) is 0.481. The molecular weight excluding hydrogens is 197 g/mol. The Morgan fingerprint density at radius 1 is 1.50 bits per heavy atom. The average Bonchev–Trinajstić information content (AvgIpc) is 2.14. The Morgan fingerprint density at radius 2 is 2.21 bits per heavy atom. The van der Waals surface area contributed by atoms with Crippen LogP contribution in [0.3, 0.4) is 0 Å². The summed E-state index contributed by atoms with van der Waals surface area (Å²) < 4.78 is 40.5. The van der Waals surface area contributed by atoms with E-state index in [0.29, 0.717) is 12.4 Å². The van der Waals surface area contributed by atoms with Crippen LogP contribution in [-0.2, 0) is 4.74 Å². The maximum atomic E-state index is 11.8. The molecule has 0 fully saturated rings. The van der Waals surface area contributed by atoms with E-state index in [-0.39, 0.29) is 6.42 Å². The van der Waals surface area contributed by atoms with Crippen LogP contribution in [0.15, 0.2) is 11.8 Å². The molecule has 1 rings (SSSR count). The lowest BCUT2D eigenvalue weighted by molar-refractivity contribution is -0.140. The van der Waals surface area contributed by atoms with Crippen LogP contribution >= 0.6 is 0 Å². The maximum Gasteiger partial charge on any atom is 0.389 e. The van der Waals surface area contributed by atoms with Crippen molar-refractivity contribution in [1.82, 2.24) is 0 Å². The molecule has 0 aliphatic carbocycles. The lowest BCUT2D eigenvalue weighted by atomic mass is 10.1. The molecule has 5 heteroatoms. The van der Waals surface area contributed by atoms with Gasteiger partial charge in [-0.25, -0.2) is 0 Å². The molecule has 0 aromatic carbocycles. The van der Waals surface area contributed by atoms with E-state index in [1.807, 2.05) is 0 Å². The second-order valence-corrected chi connectivity index (χ2v) is 3.27. The molecular formula is C9H13F3O2. The van der Waals surface area contributed by atoms with Crippen molar-refractivity contribution in [3.8, 4) is 0 Å². The minimum absolute atomic E-state index is 0.292. The van der Waals surface area contributed by atoms with Crippen molar-refractivity contribution in [2.75, 3.05) is 6.61 Å². The summed E-state index contributed by atoms with van der Waals surface area (Å²) in [7, 11) is 0. The van der Waals surface area contributed by atoms with E-state index in [1.165, 1.54) is 0 Å². The first-order chi connectivity index (χ1) is 6.49. The van der Waals surface area contributed by atoms with Gasteiger partial charge in [0.15, 0.2) is 0 Å². The van der Waals surface area contributed by atoms with Crippen LogP contribution in [0.25, 0.3) is 0 Å². The van der Waals surface area contributed by atoms with Gasteiger partial charge in [0.2, 0.25) is 0 Å². The Morgan fingerprint density at radius 3 is 2.71 bits per heavy atom. The lowest BCUT2D eigenvalue weighted by Crippen LogP contribution is -2.19. The van der Waals surface area contributed by atoms with Crippen LogP contribution in [0, 0.1) is 0 Å². The summed E-state index contributed by atoms with van der Waals surface area (Å²) in [6, 6.07) is 0. The number of hydrogen-bond acceptors (Lipinski definition) is 2. The number of rotatable bonds is 3. The summed E-state index contributed by atoms with van der Waals surface area (Å²) in [5, 5.41) is 9.34. The molecule has 0 saturated heterocycles. The molecule has 0 aromatic heterocycles. The molecule has 0 aromatic rings. The van der Waals surface area contributed by atoms with E-state index in [1.54, 1.807) is 6.08 Å². The van der Waals surface area contributed by atoms with Gasteiger partial charge >= 0.3 is 6.18 Å². The van der Waals surface area contributed by atoms with Crippen LogP contribution in [0.4, 0.5) is 13.2 Å². The Bertz CT molecular complexity index is 211. The van der Waals surface area contributed by atoms with Crippen LogP contribution in [0.1, 0.15) is 25.7 Å². The van der Waals surface area contributed by atoms with Gasteiger partial charge in [-0.15, -0.1) is 0 Å². The normalized spacial score (nSPS) is 19.9. The molecule has 1 aliphatic rings. The predicted molar refractivity (Wildman–Crippen MR) is 44.6 cm³/mol. The molecule has 0 radical (unpaired) electrons. The van der Waals surface area contributed by atoms with Crippen molar-refractivity contribution in [3.63, 3.8) is 0 Å². The van der Waals surface area contributed by atoms with E-state index in [4.69, 9.17) is 4.74 Å². The summed E-state index contributed by atoms with van der Waals surface area (Å²) in [5.41, 5.74) is 0. The zero-order valence-electron chi connectivity index (χ0n) is 7.68. The standard InChI is InChI=1S/C9H13F3O2/c10-9(11,12)5-4-7(13)8-3-1-2-6-14-8/h3,7,13H,1-2,4-6H2. The highest BCUT2D eigenvalue weighted by Crippen LogP contribution is 2.25. The molecule has 14 heavy (non-hydrogen) atoms. The van der Waals surface area contributed by atoms with Gasteiger partial charge in [0.1, 0.15) is 11.9 Å². The molecule has 0 spiro atoms. The molecule has 82 valence electrons. The van der Waals surface area contributed by atoms with Gasteiger partial charge in [-0.2, -0.15) is 13.2 Å². The number of aliphatic hydroxyl groups is 1. The molecule has 1 heterocycles. The molecule has 0 saturated carbocycles. The third kappa shape index (κ3) is 4.00. The van der Waals surface area contributed by atoms with Gasteiger partial charge in [0, 0.05) is 6.42 Å². The first kappa shape index (κ1) is 11.4. The zero-order valence-corrected chi connectivity index (χ0v) is 7.68. The predicted octanol–water partition coefficient (Wildman–Crippen LogP) is 2.38. The Labute approximate surface area is 80.4 Å². The quantitative estimate of drug-likeness (QED) is 0.774. The van der Waals surface area contributed by atoms with Crippen LogP contribution in [-0.4, -0.2) is 24.0 Å². The number of hydrogen-bond donors (Lipinski definition) is 1. The van der Waals surface area contributed by atoms with Crippen molar-refractivity contribution in [3.05, 3.63) is 11.8 Å². The summed E-state index contributed by atoms with van der Waals surface area (Å²) in [6.07, 6.45) is -3.35. The van der Waals surface area contributed by atoms with Gasteiger partial charge < -0.3 is 9.84 Å². The first-order valence-corrected chi connectivity index (χ1v) is 4.57. The third-order valence-corrected chi connectivity index (χ3v) is 1.99. The van der Waals surface area contributed by atoms with E-state index in [9.17, 15) is 18.3 Å². The SMILES string of the molecule is OC(CCC(F)(F)F)C1=CCCCO1.